The Morgan fingerprint density at radius 1 is 1.04 bits per heavy atom. The summed E-state index contributed by atoms with van der Waals surface area (Å²) in [6.45, 7) is 5.96. The zero-order valence-corrected chi connectivity index (χ0v) is 14.3. The molecule has 0 fully saturated rings. The lowest BCUT2D eigenvalue weighted by molar-refractivity contribution is -0.122. The van der Waals surface area contributed by atoms with Crippen molar-refractivity contribution in [2.75, 3.05) is 0 Å². The molecule has 0 saturated heterocycles. The van der Waals surface area contributed by atoms with Crippen molar-refractivity contribution < 1.29 is 13.6 Å². The Bertz CT molecular complexity index is 725. The van der Waals surface area contributed by atoms with Crippen LogP contribution in [0.3, 0.4) is 0 Å². The number of benzene rings is 2. The van der Waals surface area contributed by atoms with Gasteiger partial charge >= 0.3 is 0 Å². The SMILES string of the molecule is Cc1ccccc1CC(C)(C)NC(=O)CCc1cccc(F)c1F. The molecule has 0 aliphatic heterocycles. The number of carbonyl (C=O) groups is 1. The zero-order chi connectivity index (χ0) is 17.7. The fourth-order valence-electron chi connectivity index (χ4n) is 2.76. The van der Waals surface area contributed by atoms with Gasteiger partial charge in [-0.1, -0.05) is 36.4 Å². The normalized spacial score (nSPS) is 11.4. The van der Waals surface area contributed by atoms with Gasteiger partial charge in [0.2, 0.25) is 5.91 Å². The number of nitrogens with one attached hydrogen (secondary N) is 1. The van der Waals surface area contributed by atoms with Crippen LogP contribution in [0.1, 0.15) is 37.0 Å². The Morgan fingerprint density at radius 2 is 1.71 bits per heavy atom. The van der Waals surface area contributed by atoms with Crippen molar-refractivity contribution in [3.05, 3.63) is 70.8 Å². The monoisotopic (exact) mass is 331 g/mol. The highest BCUT2D eigenvalue weighted by Gasteiger charge is 2.22. The number of hydrogen-bond acceptors (Lipinski definition) is 1. The van der Waals surface area contributed by atoms with Gasteiger partial charge in [-0.25, -0.2) is 8.78 Å². The maximum absolute atomic E-state index is 13.6. The maximum Gasteiger partial charge on any atom is 0.220 e. The maximum atomic E-state index is 13.6. The summed E-state index contributed by atoms with van der Waals surface area (Å²) in [5.41, 5.74) is 2.17. The summed E-state index contributed by atoms with van der Waals surface area (Å²) < 4.78 is 26.8. The van der Waals surface area contributed by atoms with Crippen molar-refractivity contribution in [1.29, 1.82) is 0 Å². The van der Waals surface area contributed by atoms with Crippen LogP contribution in [0.5, 0.6) is 0 Å². The van der Waals surface area contributed by atoms with E-state index in [1.165, 1.54) is 23.3 Å². The molecule has 1 N–H and O–H groups in total. The number of aryl methyl sites for hydroxylation is 2. The second kappa shape index (κ2) is 7.56. The molecular weight excluding hydrogens is 308 g/mol. The largest absolute Gasteiger partial charge is 0.351 e. The molecule has 0 saturated carbocycles. The summed E-state index contributed by atoms with van der Waals surface area (Å²) in [5.74, 6) is -1.92. The van der Waals surface area contributed by atoms with E-state index in [2.05, 4.69) is 5.32 Å². The number of rotatable bonds is 6. The molecule has 1 amide bonds. The van der Waals surface area contributed by atoms with E-state index in [0.717, 1.165) is 6.07 Å². The Labute approximate surface area is 141 Å². The van der Waals surface area contributed by atoms with E-state index in [0.29, 0.717) is 6.42 Å². The van der Waals surface area contributed by atoms with Crippen molar-refractivity contribution in [1.82, 2.24) is 5.32 Å². The summed E-state index contributed by atoms with van der Waals surface area (Å²) in [6.07, 6.45) is 1.01. The summed E-state index contributed by atoms with van der Waals surface area (Å²) in [6, 6.07) is 12.1. The number of carbonyl (C=O) groups excluding carboxylic acids is 1. The van der Waals surface area contributed by atoms with Crippen LogP contribution in [-0.2, 0) is 17.6 Å². The molecule has 0 bridgehead atoms. The predicted octanol–water partition coefficient (Wildman–Crippen LogP) is 4.34. The van der Waals surface area contributed by atoms with Gasteiger partial charge in [0.15, 0.2) is 11.6 Å². The molecule has 0 aromatic heterocycles. The lowest BCUT2D eigenvalue weighted by atomic mass is 9.92. The van der Waals surface area contributed by atoms with Crippen molar-refractivity contribution in [3.8, 4) is 0 Å². The minimum Gasteiger partial charge on any atom is -0.351 e. The molecule has 0 aliphatic carbocycles. The molecule has 2 rings (SSSR count). The molecule has 0 radical (unpaired) electrons. The Hall–Kier alpha value is -2.23. The van der Waals surface area contributed by atoms with Gasteiger partial charge in [-0.05, 0) is 56.4 Å². The molecule has 2 aromatic carbocycles. The van der Waals surface area contributed by atoms with Gasteiger partial charge in [0.05, 0.1) is 0 Å². The van der Waals surface area contributed by atoms with E-state index < -0.39 is 17.2 Å². The first kappa shape index (κ1) is 18.1. The van der Waals surface area contributed by atoms with Crippen molar-refractivity contribution in [2.45, 2.75) is 45.6 Å². The zero-order valence-electron chi connectivity index (χ0n) is 14.3. The van der Waals surface area contributed by atoms with Gasteiger partial charge in [-0.3, -0.25) is 4.79 Å². The van der Waals surface area contributed by atoms with Crippen LogP contribution in [0.15, 0.2) is 42.5 Å². The summed E-state index contributed by atoms with van der Waals surface area (Å²) >= 11 is 0. The predicted molar refractivity (Wildman–Crippen MR) is 91.8 cm³/mol. The standard InChI is InChI=1S/C20H23F2NO/c1-14-7-4-5-8-16(14)13-20(2,3)23-18(24)12-11-15-9-6-10-17(21)19(15)22/h4-10H,11-13H2,1-3H3,(H,23,24). The number of hydrogen-bond donors (Lipinski definition) is 1. The Morgan fingerprint density at radius 3 is 2.42 bits per heavy atom. The van der Waals surface area contributed by atoms with Crippen LogP contribution < -0.4 is 5.32 Å². The van der Waals surface area contributed by atoms with Crippen LogP contribution in [0, 0.1) is 18.6 Å². The van der Waals surface area contributed by atoms with Crippen molar-refractivity contribution in [3.63, 3.8) is 0 Å². The van der Waals surface area contributed by atoms with Gasteiger partial charge < -0.3 is 5.32 Å². The lowest BCUT2D eigenvalue weighted by Gasteiger charge is -2.27. The van der Waals surface area contributed by atoms with Gasteiger partial charge in [-0.15, -0.1) is 0 Å². The van der Waals surface area contributed by atoms with E-state index >= 15 is 0 Å². The van der Waals surface area contributed by atoms with Crippen molar-refractivity contribution in [2.24, 2.45) is 0 Å². The first-order valence-electron chi connectivity index (χ1n) is 8.07. The van der Waals surface area contributed by atoms with Gasteiger partial charge in [0.25, 0.3) is 0 Å². The minimum atomic E-state index is -0.882. The molecule has 0 unspecified atom stereocenters. The number of amides is 1. The molecule has 0 spiro atoms. The molecule has 2 nitrogen and oxygen atoms in total. The average molecular weight is 331 g/mol. The van der Waals surface area contributed by atoms with E-state index in [1.807, 2.05) is 45.0 Å². The first-order chi connectivity index (χ1) is 11.3. The third kappa shape index (κ3) is 4.88. The smallest absolute Gasteiger partial charge is 0.220 e. The number of halogens is 2. The average Bonchev–Trinajstić information content (AvgIpc) is 2.50. The van der Waals surface area contributed by atoms with E-state index in [1.54, 1.807) is 0 Å². The van der Waals surface area contributed by atoms with Crippen molar-refractivity contribution >= 4 is 5.91 Å². The second-order valence-corrected chi connectivity index (χ2v) is 6.75. The minimum absolute atomic E-state index is 0.123. The third-order valence-corrected chi connectivity index (χ3v) is 4.02. The molecule has 0 atom stereocenters. The van der Waals surface area contributed by atoms with Crippen LogP contribution in [-0.4, -0.2) is 11.4 Å². The highest BCUT2D eigenvalue weighted by molar-refractivity contribution is 5.77. The first-order valence-corrected chi connectivity index (χ1v) is 8.07. The molecule has 0 heterocycles. The Balaban J connectivity index is 1.93. The molecule has 4 heteroatoms. The van der Waals surface area contributed by atoms with E-state index in [9.17, 15) is 13.6 Å². The topological polar surface area (TPSA) is 29.1 Å². The third-order valence-electron chi connectivity index (χ3n) is 4.02. The molecule has 0 aliphatic rings. The van der Waals surface area contributed by atoms with E-state index in [4.69, 9.17) is 0 Å². The van der Waals surface area contributed by atoms with Gasteiger partial charge in [0.1, 0.15) is 0 Å². The van der Waals surface area contributed by atoms with Gasteiger partial charge in [0, 0.05) is 12.0 Å². The molecule has 24 heavy (non-hydrogen) atoms. The lowest BCUT2D eigenvalue weighted by Crippen LogP contribution is -2.45. The fourth-order valence-corrected chi connectivity index (χ4v) is 2.76. The Kier molecular flexibility index (Phi) is 5.71. The molecule has 2 aromatic rings. The summed E-state index contributed by atoms with van der Waals surface area (Å²) in [5, 5.41) is 2.98. The summed E-state index contributed by atoms with van der Waals surface area (Å²) in [4.78, 5) is 12.2. The van der Waals surface area contributed by atoms with Gasteiger partial charge in [-0.2, -0.15) is 0 Å². The van der Waals surface area contributed by atoms with E-state index in [-0.39, 0.29) is 24.3 Å². The van der Waals surface area contributed by atoms with Crippen LogP contribution >= 0.6 is 0 Å². The van der Waals surface area contributed by atoms with Crippen LogP contribution in [0.2, 0.25) is 0 Å². The van der Waals surface area contributed by atoms with Crippen LogP contribution in [0.4, 0.5) is 8.78 Å². The highest BCUT2D eigenvalue weighted by atomic mass is 19.2. The quantitative estimate of drug-likeness (QED) is 0.838. The second-order valence-electron chi connectivity index (χ2n) is 6.75. The summed E-state index contributed by atoms with van der Waals surface area (Å²) in [7, 11) is 0. The molecule has 128 valence electrons. The van der Waals surface area contributed by atoms with Crippen LogP contribution in [0.25, 0.3) is 0 Å². The highest BCUT2D eigenvalue weighted by Crippen LogP contribution is 2.17. The molecular formula is C20H23F2NO. The fraction of sp³-hybridized carbons (Fsp3) is 0.350.